The third-order valence-corrected chi connectivity index (χ3v) is 0.429. The SMILES string of the molecule is CO/C(O)=C\N=[N+]=[N-]. The molecule has 0 rings (SSSR count). The van der Waals surface area contributed by atoms with Crippen LogP contribution in [0.5, 0.6) is 0 Å². The van der Waals surface area contributed by atoms with Crippen LogP contribution in [0.25, 0.3) is 10.4 Å². The summed E-state index contributed by atoms with van der Waals surface area (Å²) in [6, 6.07) is 0. The average Bonchev–Trinajstić information content (AvgIpc) is 1.83. The molecule has 0 saturated carbocycles. The van der Waals surface area contributed by atoms with Gasteiger partial charge in [-0.05, 0) is 5.53 Å². The lowest BCUT2D eigenvalue weighted by Gasteiger charge is -1.89. The molecule has 0 amide bonds. The third kappa shape index (κ3) is 2.87. The zero-order valence-electron chi connectivity index (χ0n) is 4.27. The number of methoxy groups -OCH3 is 1. The second kappa shape index (κ2) is 3.83. The molecule has 0 bridgehead atoms. The van der Waals surface area contributed by atoms with Gasteiger partial charge in [-0.1, -0.05) is 5.11 Å². The number of ether oxygens (including phenoxy) is 1. The molecule has 0 saturated heterocycles. The molecule has 0 fully saturated rings. The van der Waals surface area contributed by atoms with Crippen LogP contribution in [0.3, 0.4) is 0 Å². The number of aliphatic hydroxyl groups is 1. The van der Waals surface area contributed by atoms with Crippen LogP contribution in [-0.2, 0) is 4.74 Å². The van der Waals surface area contributed by atoms with Gasteiger partial charge < -0.3 is 9.84 Å². The third-order valence-electron chi connectivity index (χ3n) is 0.429. The summed E-state index contributed by atoms with van der Waals surface area (Å²) in [7, 11) is 1.26. The van der Waals surface area contributed by atoms with E-state index in [9.17, 15) is 0 Å². The van der Waals surface area contributed by atoms with Gasteiger partial charge in [0.15, 0.2) is 0 Å². The van der Waals surface area contributed by atoms with Crippen molar-refractivity contribution in [3.8, 4) is 0 Å². The largest absolute Gasteiger partial charge is 0.481 e. The van der Waals surface area contributed by atoms with E-state index in [2.05, 4.69) is 14.8 Å². The quantitative estimate of drug-likeness (QED) is 0.255. The van der Waals surface area contributed by atoms with Crippen molar-refractivity contribution in [3.63, 3.8) is 0 Å². The van der Waals surface area contributed by atoms with Crippen molar-refractivity contribution in [1.29, 1.82) is 0 Å². The molecule has 0 unspecified atom stereocenters. The predicted octanol–water partition coefficient (Wildman–Crippen LogP) is 1.30. The molecule has 5 nitrogen and oxygen atoms in total. The van der Waals surface area contributed by atoms with Crippen LogP contribution in [0.15, 0.2) is 17.3 Å². The van der Waals surface area contributed by atoms with Gasteiger partial charge in [0.05, 0.1) is 13.3 Å². The lowest BCUT2D eigenvalue weighted by atomic mass is 10.9. The molecule has 0 aliphatic heterocycles. The fourth-order valence-corrected chi connectivity index (χ4v) is 0.128. The first-order valence-electron chi connectivity index (χ1n) is 1.78. The van der Waals surface area contributed by atoms with E-state index in [-0.39, 0.29) is 0 Å². The molecular weight excluding hydrogens is 110 g/mol. The van der Waals surface area contributed by atoms with Crippen LogP contribution in [0.4, 0.5) is 0 Å². The first-order valence-corrected chi connectivity index (χ1v) is 1.78. The number of hydrogen-bond acceptors (Lipinski definition) is 3. The van der Waals surface area contributed by atoms with Gasteiger partial charge in [0.2, 0.25) is 0 Å². The molecule has 0 aromatic rings. The molecule has 8 heavy (non-hydrogen) atoms. The Bertz CT molecular complexity index is 135. The number of rotatable bonds is 2. The van der Waals surface area contributed by atoms with Crippen molar-refractivity contribution in [2.75, 3.05) is 7.11 Å². The normalized spacial score (nSPS) is 9.88. The summed E-state index contributed by atoms with van der Waals surface area (Å²) in [5, 5.41) is 11.2. The summed E-state index contributed by atoms with van der Waals surface area (Å²) >= 11 is 0. The maximum absolute atomic E-state index is 8.36. The molecule has 1 N–H and O–H groups in total. The van der Waals surface area contributed by atoms with Gasteiger partial charge >= 0.3 is 0 Å². The van der Waals surface area contributed by atoms with Crippen molar-refractivity contribution in [2.45, 2.75) is 0 Å². The molecule has 0 aromatic carbocycles. The van der Waals surface area contributed by atoms with Crippen LogP contribution >= 0.6 is 0 Å². The smallest absolute Gasteiger partial charge is 0.278 e. The van der Waals surface area contributed by atoms with Gasteiger partial charge in [0.25, 0.3) is 5.95 Å². The fourth-order valence-electron chi connectivity index (χ4n) is 0.128. The summed E-state index contributed by atoms with van der Waals surface area (Å²) in [5.74, 6) is -0.400. The minimum atomic E-state index is -0.400. The highest BCUT2D eigenvalue weighted by atomic mass is 16.6. The number of nitrogens with zero attached hydrogens (tertiary/aromatic N) is 3. The van der Waals surface area contributed by atoms with E-state index in [4.69, 9.17) is 10.6 Å². The van der Waals surface area contributed by atoms with Gasteiger partial charge in [-0.2, -0.15) is 0 Å². The van der Waals surface area contributed by atoms with Crippen molar-refractivity contribution in [3.05, 3.63) is 22.6 Å². The zero-order chi connectivity index (χ0) is 6.41. The Balaban J connectivity index is 3.74. The molecule has 0 radical (unpaired) electrons. The van der Waals surface area contributed by atoms with Gasteiger partial charge in [-0.3, -0.25) is 0 Å². The molecule has 0 aliphatic carbocycles. The van der Waals surface area contributed by atoms with Gasteiger partial charge in [0.1, 0.15) is 0 Å². The van der Waals surface area contributed by atoms with Crippen LogP contribution in [0, 0.1) is 0 Å². The average molecular weight is 115 g/mol. The summed E-state index contributed by atoms with van der Waals surface area (Å²) in [4.78, 5) is 2.33. The highest BCUT2D eigenvalue weighted by Gasteiger charge is 1.79. The Kier molecular flexibility index (Phi) is 3.18. The Morgan fingerprint density at radius 2 is 2.62 bits per heavy atom. The van der Waals surface area contributed by atoms with E-state index in [1.165, 1.54) is 7.11 Å². The zero-order valence-corrected chi connectivity index (χ0v) is 4.27. The van der Waals surface area contributed by atoms with Crippen LogP contribution in [0.2, 0.25) is 0 Å². The Morgan fingerprint density at radius 3 is 3.00 bits per heavy atom. The maximum atomic E-state index is 8.36. The van der Waals surface area contributed by atoms with Crippen molar-refractivity contribution in [2.24, 2.45) is 5.11 Å². The molecule has 0 aliphatic rings. The molecule has 0 atom stereocenters. The summed E-state index contributed by atoms with van der Waals surface area (Å²) in [6.45, 7) is 0. The van der Waals surface area contributed by atoms with Crippen LogP contribution < -0.4 is 0 Å². The minimum Gasteiger partial charge on any atom is -0.481 e. The van der Waals surface area contributed by atoms with Crippen molar-refractivity contribution >= 4 is 0 Å². The van der Waals surface area contributed by atoms with E-state index in [1.807, 2.05) is 0 Å². The number of azide groups is 1. The Morgan fingerprint density at radius 1 is 2.00 bits per heavy atom. The second-order valence-corrected chi connectivity index (χ2v) is 0.876. The molecule has 5 heteroatoms. The van der Waals surface area contributed by atoms with E-state index in [1.54, 1.807) is 0 Å². The highest BCUT2D eigenvalue weighted by molar-refractivity contribution is 4.77. The number of aliphatic hydroxyl groups excluding tert-OH is 1. The summed E-state index contributed by atoms with van der Waals surface area (Å²) in [6.07, 6.45) is 0.861. The molecular formula is C3H5N3O2. The molecule has 44 valence electrons. The van der Waals surface area contributed by atoms with E-state index >= 15 is 0 Å². The van der Waals surface area contributed by atoms with Crippen LogP contribution in [0.1, 0.15) is 0 Å². The van der Waals surface area contributed by atoms with E-state index in [0.717, 1.165) is 6.20 Å². The molecule has 0 spiro atoms. The number of hydrogen-bond donors (Lipinski definition) is 1. The fraction of sp³-hybridized carbons (Fsp3) is 0.333. The standard InChI is InChI=1S/C3H5N3O2/c1-8-3(7)2-5-6-4/h2,7H,1H3/b3-2-. The first kappa shape index (κ1) is 6.65. The van der Waals surface area contributed by atoms with Gasteiger partial charge in [-0.15, -0.1) is 0 Å². The van der Waals surface area contributed by atoms with E-state index in [0.29, 0.717) is 0 Å². The van der Waals surface area contributed by atoms with Crippen LogP contribution in [-0.4, -0.2) is 12.2 Å². The second-order valence-electron chi connectivity index (χ2n) is 0.876. The van der Waals surface area contributed by atoms with Gasteiger partial charge in [0, 0.05) is 4.91 Å². The first-order chi connectivity index (χ1) is 3.81. The highest BCUT2D eigenvalue weighted by Crippen LogP contribution is 1.86. The molecule has 0 aromatic heterocycles. The lowest BCUT2D eigenvalue weighted by molar-refractivity contribution is 0.135. The Labute approximate surface area is 45.8 Å². The predicted molar refractivity (Wildman–Crippen MR) is 26.9 cm³/mol. The Hall–Kier alpha value is -1.35. The summed E-state index contributed by atoms with van der Waals surface area (Å²) < 4.78 is 4.20. The monoisotopic (exact) mass is 115 g/mol. The topological polar surface area (TPSA) is 78.2 Å². The molecule has 0 heterocycles. The van der Waals surface area contributed by atoms with Crippen molar-refractivity contribution < 1.29 is 9.84 Å². The van der Waals surface area contributed by atoms with E-state index < -0.39 is 5.95 Å². The van der Waals surface area contributed by atoms with Gasteiger partial charge in [-0.25, -0.2) is 0 Å². The van der Waals surface area contributed by atoms with Crippen molar-refractivity contribution in [1.82, 2.24) is 0 Å². The maximum Gasteiger partial charge on any atom is 0.278 e. The lowest BCUT2D eigenvalue weighted by Crippen LogP contribution is -1.79. The minimum absolute atomic E-state index is 0.400. The summed E-state index contributed by atoms with van der Waals surface area (Å²) in [5.41, 5.74) is 7.66.